The number of esters is 2. The van der Waals surface area contributed by atoms with E-state index < -0.39 is 27.5 Å². The van der Waals surface area contributed by atoms with Crippen LogP contribution < -0.4 is 14.2 Å². The Balaban J connectivity index is 1.35. The van der Waals surface area contributed by atoms with Gasteiger partial charge in [0, 0.05) is 19.3 Å². The molecule has 0 heterocycles. The van der Waals surface area contributed by atoms with Gasteiger partial charge in [0.15, 0.2) is 5.75 Å². The Bertz CT molecular complexity index is 1500. The Morgan fingerprint density at radius 3 is 2.11 bits per heavy atom. The second-order valence-corrected chi connectivity index (χ2v) is 9.71. The van der Waals surface area contributed by atoms with Crippen molar-refractivity contribution in [3.63, 3.8) is 0 Å². The molecule has 0 aliphatic carbocycles. The van der Waals surface area contributed by atoms with Gasteiger partial charge < -0.3 is 23.7 Å². The molecule has 0 atom stereocenters. The van der Waals surface area contributed by atoms with Gasteiger partial charge in [0.2, 0.25) is 0 Å². The molecular weight excluding hydrogens is 588 g/mol. The molecule has 3 aromatic rings. The minimum atomic E-state index is -0.705. The van der Waals surface area contributed by atoms with E-state index in [-0.39, 0.29) is 24.7 Å². The molecule has 3 aromatic carbocycles. The summed E-state index contributed by atoms with van der Waals surface area (Å²) in [7, 11) is 1.52. The molecule has 0 aliphatic heterocycles. The Morgan fingerprint density at radius 1 is 0.778 bits per heavy atom. The average molecular weight is 623 g/mol. The Kier molecular flexibility index (Phi) is 13.5. The van der Waals surface area contributed by atoms with Crippen molar-refractivity contribution in [1.82, 2.24) is 0 Å². The Labute approximate surface area is 259 Å². The number of hydrogen-bond donors (Lipinski definition) is 0. The number of ether oxygens (including phenoxy) is 5. The summed E-state index contributed by atoms with van der Waals surface area (Å²) < 4.78 is 26.6. The van der Waals surface area contributed by atoms with Crippen LogP contribution in [0.4, 0.5) is 11.4 Å². The lowest BCUT2D eigenvalue weighted by molar-refractivity contribution is -0.394. The van der Waals surface area contributed by atoms with E-state index in [1.165, 1.54) is 25.3 Å². The number of nitro benzene ring substituents is 2. The van der Waals surface area contributed by atoms with Crippen molar-refractivity contribution in [3.05, 3.63) is 104 Å². The first-order chi connectivity index (χ1) is 21.7. The molecule has 3 rings (SSSR count). The molecule has 0 aromatic heterocycles. The van der Waals surface area contributed by atoms with E-state index in [4.69, 9.17) is 23.7 Å². The summed E-state index contributed by atoms with van der Waals surface area (Å²) in [5.74, 6) is 0.00556. The topological polar surface area (TPSA) is 167 Å². The van der Waals surface area contributed by atoms with Crippen LogP contribution in [0.25, 0.3) is 6.08 Å². The molecule has 0 aliphatic rings. The first-order valence-corrected chi connectivity index (χ1v) is 14.1. The molecule has 0 bridgehead atoms. The quantitative estimate of drug-likeness (QED) is 0.0393. The molecule has 0 spiro atoms. The minimum absolute atomic E-state index is 0.00279. The maximum atomic E-state index is 12.7. The van der Waals surface area contributed by atoms with E-state index in [0.717, 1.165) is 36.5 Å². The van der Waals surface area contributed by atoms with Crippen LogP contribution in [0.1, 0.15) is 47.2 Å². The largest absolute Gasteiger partial charge is 0.494 e. The van der Waals surface area contributed by atoms with Gasteiger partial charge in [-0.3, -0.25) is 20.2 Å². The number of rotatable bonds is 18. The first kappa shape index (κ1) is 34.2. The third kappa shape index (κ3) is 11.4. The van der Waals surface area contributed by atoms with Crippen molar-refractivity contribution in [2.24, 2.45) is 0 Å². The summed E-state index contributed by atoms with van der Waals surface area (Å²) in [6.45, 7) is 2.99. The highest BCUT2D eigenvalue weighted by atomic mass is 16.6. The number of hydrogen-bond acceptors (Lipinski definition) is 11. The monoisotopic (exact) mass is 622 g/mol. The van der Waals surface area contributed by atoms with E-state index in [1.807, 2.05) is 0 Å². The molecule has 0 unspecified atom stereocenters. The molecule has 0 amide bonds. The third-order valence-electron chi connectivity index (χ3n) is 6.35. The third-order valence-corrected chi connectivity index (χ3v) is 6.35. The molecule has 0 saturated heterocycles. The lowest BCUT2D eigenvalue weighted by Gasteiger charge is -2.10. The molecule has 238 valence electrons. The summed E-state index contributed by atoms with van der Waals surface area (Å²) in [5.41, 5.74) is 1.02. The van der Waals surface area contributed by atoms with Gasteiger partial charge in [0.05, 0.1) is 41.3 Å². The second kappa shape index (κ2) is 17.7. The lowest BCUT2D eigenvalue weighted by Crippen LogP contribution is -2.09. The maximum absolute atomic E-state index is 12.7. The van der Waals surface area contributed by atoms with Crippen molar-refractivity contribution in [1.29, 1.82) is 0 Å². The molecule has 45 heavy (non-hydrogen) atoms. The highest BCUT2D eigenvalue weighted by molar-refractivity contribution is 5.91. The smallest absolute Gasteiger partial charge is 0.343 e. The van der Waals surface area contributed by atoms with E-state index in [2.05, 4.69) is 0 Å². The average Bonchev–Trinajstić information content (AvgIpc) is 3.02. The van der Waals surface area contributed by atoms with Gasteiger partial charge in [-0.1, -0.05) is 6.07 Å². The molecule has 0 saturated carbocycles. The normalized spacial score (nSPS) is 10.8. The van der Waals surface area contributed by atoms with Gasteiger partial charge in [-0.2, -0.15) is 0 Å². The molecular formula is C32H34N2O11. The predicted molar refractivity (Wildman–Crippen MR) is 164 cm³/mol. The number of benzene rings is 3. The first-order valence-electron chi connectivity index (χ1n) is 14.1. The van der Waals surface area contributed by atoms with Crippen molar-refractivity contribution in [2.45, 2.75) is 32.6 Å². The molecule has 0 radical (unpaired) electrons. The van der Waals surface area contributed by atoms with E-state index in [0.29, 0.717) is 36.7 Å². The number of carbonyl (C=O) groups is 2. The van der Waals surface area contributed by atoms with Crippen molar-refractivity contribution < 1.29 is 43.1 Å². The van der Waals surface area contributed by atoms with Crippen molar-refractivity contribution >= 4 is 29.4 Å². The van der Waals surface area contributed by atoms with Gasteiger partial charge in [-0.05, 0) is 92.3 Å². The highest BCUT2D eigenvalue weighted by Crippen LogP contribution is 2.31. The molecule has 13 nitrogen and oxygen atoms in total. The maximum Gasteiger partial charge on any atom is 0.343 e. The second-order valence-electron chi connectivity index (χ2n) is 9.71. The van der Waals surface area contributed by atoms with Gasteiger partial charge >= 0.3 is 17.6 Å². The minimum Gasteiger partial charge on any atom is -0.494 e. The Morgan fingerprint density at radius 2 is 1.47 bits per heavy atom. The zero-order chi connectivity index (χ0) is 32.6. The van der Waals surface area contributed by atoms with E-state index in [9.17, 15) is 29.8 Å². The summed E-state index contributed by atoms with van der Waals surface area (Å²) >= 11 is 0. The number of nitro groups is 2. The van der Waals surface area contributed by atoms with Crippen LogP contribution in [0.15, 0.2) is 66.7 Å². The number of carbonyl (C=O) groups excluding carboxylic acids is 2. The number of aryl methyl sites for hydroxylation is 1. The van der Waals surface area contributed by atoms with Gasteiger partial charge in [-0.25, -0.2) is 9.59 Å². The van der Waals surface area contributed by atoms with Crippen LogP contribution in [0.3, 0.4) is 0 Å². The zero-order valence-electron chi connectivity index (χ0n) is 25.0. The predicted octanol–water partition coefficient (Wildman–Crippen LogP) is 6.25. The van der Waals surface area contributed by atoms with Crippen LogP contribution in [0.2, 0.25) is 0 Å². The van der Waals surface area contributed by atoms with Crippen LogP contribution >= 0.6 is 0 Å². The molecule has 0 fully saturated rings. The highest BCUT2D eigenvalue weighted by Gasteiger charge is 2.20. The van der Waals surface area contributed by atoms with Crippen LogP contribution in [-0.4, -0.2) is 55.3 Å². The van der Waals surface area contributed by atoms with Gasteiger partial charge in [0.1, 0.15) is 18.1 Å². The number of methoxy groups -OCH3 is 1. The standard InChI is InChI=1S/C32H34N2O11/c1-23-21-24(8-16-31(35)44-20-19-41-2)7-14-29(23)45-32(36)25-9-12-27(13-10-25)42-17-5-3-4-6-18-43-30-15-11-26(33(37)38)22-28(30)34(39)40/h7-16,21-22H,3-6,17-20H2,1-2H3/b16-8+. The fourth-order valence-electron chi connectivity index (χ4n) is 3.99. The van der Waals surface area contributed by atoms with Crippen LogP contribution in [0.5, 0.6) is 17.2 Å². The van der Waals surface area contributed by atoms with Gasteiger partial charge in [-0.15, -0.1) is 0 Å². The van der Waals surface area contributed by atoms with Crippen molar-refractivity contribution in [3.8, 4) is 17.2 Å². The molecule has 0 N–H and O–H groups in total. The van der Waals surface area contributed by atoms with Crippen LogP contribution in [0, 0.1) is 27.2 Å². The summed E-state index contributed by atoms with van der Waals surface area (Å²) in [5, 5.41) is 22.0. The molecule has 13 heteroatoms. The van der Waals surface area contributed by atoms with Crippen LogP contribution in [-0.2, 0) is 14.3 Å². The van der Waals surface area contributed by atoms with E-state index in [1.54, 1.807) is 55.5 Å². The number of unbranched alkanes of at least 4 members (excludes halogenated alkanes) is 3. The number of non-ortho nitro benzene ring substituents is 1. The fourth-order valence-corrected chi connectivity index (χ4v) is 3.99. The summed E-state index contributed by atoms with van der Waals surface area (Å²) in [6, 6.07) is 15.1. The van der Waals surface area contributed by atoms with Crippen molar-refractivity contribution in [2.75, 3.05) is 33.5 Å². The fraction of sp³-hybridized carbons (Fsp3) is 0.312. The zero-order valence-corrected chi connectivity index (χ0v) is 25.0. The summed E-state index contributed by atoms with van der Waals surface area (Å²) in [6.07, 6.45) is 5.98. The van der Waals surface area contributed by atoms with E-state index >= 15 is 0 Å². The lowest BCUT2D eigenvalue weighted by atomic mass is 10.1. The number of nitrogens with zero attached hydrogens (tertiary/aromatic N) is 2. The Hall–Kier alpha value is -5.30. The van der Waals surface area contributed by atoms with Gasteiger partial charge in [0.25, 0.3) is 5.69 Å². The SMILES string of the molecule is COCCOC(=O)/C=C/c1ccc(OC(=O)c2ccc(OCCCCCCOc3ccc([N+](=O)[O-])cc3[N+](=O)[O-])cc2)c(C)c1. The summed E-state index contributed by atoms with van der Waals surface area (Å²) in [4.78, 5) is 45.0.